The molecule has 0 aliphatic heterocycles. The van der Waals surface area contributed by atoms with Crippen LogP contribution in [0.15, 0.2) is 80.9 Å². The third kappa shape index (κ3) is 4.33. The SMILES string of the molecule is Cc1cc2nc(COC(=O)c3ccccc3NS(=O)(=O)c3ccccc3)cc(=O)n2o1. The van der Waals surface area contributed by atoms with Gasteiger partial charge in [0.2, 0.25) is 0 Å². The van der Waals surface area contributed by atoms with Crippen LogP contribution in [-0.4, -0.2) is 23.9 Å². The van der Waals surface area contributed by atoms with Crippen LogP contribution in [0.4, 0.5) is 5.69 Å². The molecule has 158 valence electrons. The normalized spacial score (nSPS) is 11.4. The highest BCUT2D eigenvalue weighted by Gasteiger charge is 2.19. The molecule has 4 aromatic rings. The molecule has 0 spiro atoms. The molecule has 0 unspecified atom stereocenters. The number of benzene rings is 2. The van der Waals surface area contributed by atoms with Gasteiger partial charge in [0.05, 0.1) is 21.8 Å². The van der Waals surface area contributed by atoms with Crippen molar-refractivity contribution in [3.8, 4) is 0 Å². The van der Waals surface area contributed by atoms with Crippen LogP contribution in [0.1, 0.15) is 21.8 Å². The van der Waals surface area contributed by atoms with Crippen molar-refractivity contribution in [2.24, 2.45) is 0 Å². The van der Waals surface area contributed by atoms with Crippen LogP contribution in [-0.2, 0) is 21.4 Å². The van der Waals surface area contributed by atoms with Gasteiger partial charge in [-0.15, -0.1) is 4.57 Å². The fourth-order valence-corrected chi connectivity index (χ4v) is 4.02. The smallest absolute Gasteiger partial charge is 0.340 e. The molecule has 2 heterocycles. The summed E-state index contributed by atoms with van der Waals surface area (Å²) < 4.78 is 39.1. The van der Waals surface area contributed by atoms with Crippen molar-refractivity contribution in [2.45, 2.75) is 18.4 Å². The van der Waals surface area contributed by atoms with Gasteiger partial charge in [0, 0.05) is 12.1 Å². The molecule has 2 aromatic heterocycles. The van der Waals surface area contributed by atoms with E-state index in [1.54, 1.807) is 43.3 Å². The number of rotatable bonds is 6. The highest BCUT2D eigenvalue weighted by atomic mass is 32.2. The summed E-state index contributed by atoms with van der Waals surface area (Å²) >= 11 is 0. The molecule has 2 aromatic carbocycles. The summed E-state index contributed by atoms with van der Waals surface area (Å²) in [7, 11) is -3.89. The molecule has 0 saturated carbocycles. The Balaban J connectivity index is 1.54. The van der Waals surface area contributed by atoms with E-state index in [-0.39, 0.29) is 28.4 Å². The van der Waals surface area contributed by atoms with Gasteiger partial charge in [-0.1, -0.05) is 30.3 Å². The Morgan fingerprint density at radius 1 is 1.10 bits per heavy atom. The number of fused-ring (bicyclic) bond motifs is 1. The number of hydrogen-bond acceptors (Lipinski definition) is 7. The predicted molar refractivity (Wildman–Crippen MR) is 111 cm³/mol. The summed E-state index contributed by atoms with van der Waals surface area (Å²) in [4.78, 5) is 29.0. The molecule has 0 aliphatic rings. The number of carbonyl (C=O) groups excluding carboxylic acids is 1. The third-order valence-electron chi connectivity index (χ3n) is 4.32. The molecule has 0 aliphatic carbocycles. The fraction of sp³-hybridized carbons (Fsp3) is 0.0952. The van der Waals surface area contributed by atoms with E-state index in [9.17, 15) is 18.0 Å². The second-order valence-corrected chi connectivity index (χ2v) is 8.31. The van der Waals surface area contributed by atoms with E-state index < -0.39 is 21.6 Å². The number of ether oxygens (including phenoxy) is 1. The van der Waals surface area contributed by atoms with E-state index in [0.717, 1.165) is 4.57 Å². The number of nitrogens with zero attached hydrogens (tertiary/aromatic N) is 2. The summed E-state index contributed by atoms with van der Waals surface area (Å²) in [6, 6.07) is 16.7. The molecule has 0 radical (unpaired) electrons. The first kappa shape index (κ1) is 20.4. The Bertz CT molecular complexity index is 1420. The summed E-state index contributed by atoms with van der Waals surface area (Å²) in [6.45, 7) is 1.41. The number of carbonyl (C=O) groups is 1. The van der Waals surface area contributed by atoms with E-state index in [1.807, 2.05) is 0 Å². The van der Waals surface area contributed by atoms with E-state index >= 15 is 0 Å². The van der Waals surface area contributed by atoms with Gasteiger partial charge in [-0.25, -0.2) is 18.2 Å². The summed E-state index contributed by atoms with van der Waals surface area (Å²) in [5, 5.41) is 0. The van der Waals surface area contributed by atoms with Crippen LogP contribution in [0.25, 0.3) is 5.65 Å². The zero-order valence-electron chi connectivity index (χ0n) is 16.3. The zero-order valence-corrected chi connectivity index (χ0v) is 17.1. The molecule has 4 rings (SSSR count). The molecule has 1 N–H and O–H groups in total. The van der Waals surface area contributed by atoms with E-state index in [0.29, 0.717) is 11.4 Å². The Kier molecular flexibility index (Phi) is 5.30. The number of hydrogen-bond donors (Lipinski definition) is 1. The first-order valence-electron chi connectivity index (χ1n) is 9.17. The highest BCUT2D eigenvalue weighted by molar-refractivity contribution is 7.92. The summed E-state index contributed by atoms with van der Waals surface area (Å²) in [6.07, 6.45) is 0. The Labute approximate surface area is 176 Å². The maximum atomic E-state index is 12.6. The van der Waals surface area contributed by atoms with Gasteiger partial charge in [0.1, 0.15) is 12.4 Å². The van der Waals surface area contributed by atoms with Crippen LogP contribution in [0, 0.1) is 6.92 Å². The fourth-order valence-electron chi connectivity index (χ4n) is 2.92. The van der Waals surface area contributed by atoms with Crippen molar-refractivity contribution >= 4 is 27.3 Å². The standard InChI is InChI=1S/C21H17N3O6S/c1-14-11-19-22-15(12-20(25)24(19)30-14)13-29-21(26)17-9-5-6-10-18(17)23-31(27,28)16-7-3-2-4-8-16/h2-12,23H,13H2,1H3. The van der Waals surface area contributed by atoms with Crippen molar-refractivity contribution < 1.29 is 22.5 Å². The van der Waals surface area contributed by atoms with Crippen molar-refractivity contribution in [3.63, 3.8) is 0 Å². The molecule has 31 heavy (non-hydrogen) atoms. The van der Waals surface area contributed by atoms with Crippen LogP contribution in [0.5, 0.6) is 0 Å². The molecular formula is C21H17N3O6S. The van der Waals surface area contributed by atoms with Gasteiger partial charge < -0.3 is 9.26 Å². The summed E-state index contributed by atoms with van der Waals surface area (Å²) in [5.41, 5.74) is 0.193. The van der Waals surface area contributed by atoms with E-state index in [4.69, 9.17) is 9.26 Å². The maximum Gasteiger partial charge on any atom is 0.340 e. The Hall–Kier alpha value is -3.92. The van der Waals surface area contributed by atoms with Gasteiger partial charge >= 0.3 is 5.97 Å². The minimum atomic E-state index is -3.89. The molecule has 10 heteroatoms. The van der Waals surface area contributed by atoms with Crippen LogP contribution in [0.2, 0.25) is 0 Å². The lowest BCUT2D eigenvalue weighted by atomic mass is 10.2. The second kappa shape index (κ2) is 8.07. The number of para-hydroxylation sites is 1. The quantitative estimate of drug-likeness (QED) is 0.459. The average Bonchev–Trinajstić information content (AvgIpc) is 3.13. The van der Waals surface area contributed by atoms with E-state index in [2.05, 4.69) is 9.71 Å². The van der Waals surface area contributed by atoms with Crippen molar-refractivity contribution in [1.29, 1.82) is 0 Å². The summed E-state index contributed by atoms with van der Waals surface area (Å²) in [5.74, 6) is -0.255. The van der Waals surface area contributed by atoms with Gasteiger partial charge in [0.25, 0.3) is 15.6 Å². The monoisotopic (exact) mass is 439 g/mol. The van der Waals surface area contributed by atoms with Gasteiger partial charge in [-0.05, 0) is 31.2 Å². The minimum absolute atomic E-state index is 0.0268. The van der Waals surface area contributed by atoms with Crippen molar-refractivity contribution in [2.75, 3.05) is 4.72 Å². The second-order valence-electron chi connectivity index (χ2n) is 6.62. The topological polar surface area (TPSA) is 120 Å². The Morgan fingerprint density at radius 2 is 1.81 bits per heavy atom. The molecule has 0 fully saturated rings. The predicted octanol–water partition coefficient (Wildman–Crippen LogP) is 2.75. The van der Waals surface area contributed by atoms with Gasteiger partial charge in [-0.3, -0.25) is 9.52 Å². The third-order valence-corrected chi connectivity index (χ3v) is 5.70. The molecular weight excluding hydrogens is 422 g/mol. The average molecular weight is 439 g/mol. The van der Waals surface area contributed by atoms with Crippen molar-refractivity contribution in [3.05, 3.63) is 94.1 Å². The van der Waals surface area contributed by atoms with Gasteiger partial charge in [-0.2, -0.15) is 0 Å². The Morgan fingerprint density at radius 3 is 2.58 bits per heavy atom. The van der Waals surface area contributed by atoms with Crippen molar-refractivity contribution in [1.82, 2.24) is 9.56 Å². The maximum absolute atomic E-state index is 12.6. The molecule has 0 bridgehead atoms. The minimum Gasteiger partial charge on any atom is -0.456 e. The molecule has 9 nitrogen and oxygen atoms in total. The first-order valence-corrected chi connectivity index (χ1v) is 10.7. The highest BCUT2D eigenvalue weighted by Crippen LogP contribution is 2.21. The number of anilines is 1. The van der Waals surface area contributed by atoms with Crippen LogP contribution >= 0.6 is 0 Å². The zero-order chi connectivity index (χ0) is 22.0. The first-order chi connectivity index (χ1) is 14.8. The molecule has 0 atom stereocenters. The number of esters is 1. The lowest BCUT2D eigenvalue weighted by molar-refractivity contribution is 0.0469. The number of sulfonamides is 1. The largest absolute Gasteiger partial charge is 0.456 e. The number of aromatic nitrogens is 2. The number of aryl methyl sites for hydroxylation is 1. The van der Waals surface area contributed by atoms with Crippen LogP contribution < -0.4 is 10.3 Å². The van der Waals surface area contributed by atoms with Crippen LogP contribution in [0.3, 0.4) is 0 Å². The molecule has 0 amide bonds. The lowest BCUT2D eigenvalue weighted by Crippen LogP contribution is -2.17. The van der Waals surface area contributed by atoms with E-state index in [1.165, 1.54) is 30.3 Å². The lowest BCUT2D eigenvalue weighted by Gasteiger charge is -2.12. The van der Waals surface area contributed by atoms with Gasteiger partial charge in [0.15, 0.2) is 5.65 Å². The molecule has 0 saturated heterocycles. The number of nitrogens with one attached hydrogen (secondary N) is 1.